The predicted molar refractivity (Wildman–Crippen MR) is 101 cm³/mol. The van der Waals surface area contributed by atoms with Gasteiger partial charge in [-0.05, 0) is 33.3 Å². The molecule has 4 atom stereocenters. The van der Waals surface area contributed by atoms with Crippen molar-refractivity contribution in [2.75, 3.05) is 6.61 Å². The maximum atomic E-state index is 12.5. The highest BCUT2D eigenvalue weighted by Crippen LogP contribution is 2.49. The lowest BCUT2D eigenvalue weighted by Crippen LogP contribution is -2.54. The summed E-state index contributed by atoms with van der Waals surface area (Å²) >= 11 is 0. The molecule has 2 N–H and O–H groups in total. The third-order valence-corrected chi connectivity index (χ3v) is 5.60. The fraction of sp³-hybridized carbons (Fsp3) is 0.571. The Morgan fingerprint density at radius 3 is 2.53 bits per heavy atom. The topological polar surface area (TPSA) is 129 Å². The van der Waals surface area contributed by atoms with E-state index in [1.54, 1.807) is 6.92 Å². The second kappa shape index (κ2) is 7.33. The molecule has 1 fully saturated rings. The minimum absolute atomic E-state index is 0.0138. The van der Waals surface area contributed by atoms with E-state index in [0.29, 0.717) is 6.42 Å². The Labute approximate surface area is 173 Å². The summed E-state index contributed by atoms with van der Waals surface area (Å²) in [5, 5.41) is 22.1. The zero-order chi connectivity index (χ0) is 22.5. The van der Waals surface area contributed by atoms with Crippen molar-refractivity contribution in [1.29, 1.82) is 0 Å². The molecule has 0 aromatic rings. The molecule has 164 valence electrons. The first kappa shape index (κ1) is 22.2. The van der Waals surface area contributed by atoms with Crippen molar-refractivity contribution >= 4 is 17.9 Å². The van der Waals surface area contributed by atoms with Crippen molar-refractivity contribution in [2.45, 2.75) is 70.1 Å². The minimum Gasteiger partial charge on any atom is -0.461 e. The number of ether oxygens (including phenoxy) is 4. The number of hydrogen-bond acceptors (Lipinski definition) is 9. The maximum absolute atomic E-state index is 12.5. The number of fused-ring (bicyclic) bond motifs is 3. The largest absolute Gasteiger partial charge is 0.461 e. The number of carbonyl (C=O) groups excluding carboxylic acids is 3. The molecule has 3 heterocycles. The van der Waals surface area contributed by atoms with Crippen LogP contribution >= 0.6 is 0 Å². The fourth-order valence-corrected chi connectivity index (χ4v) is 3.86. The summed E-state index contributed by atoms with van der Waals surface area (Å²) in [6.07, 6.45) is 0.495. The van der Waals surface area contributed by atoms with Crippen molar-refractivity contribution < 1.29 is 43.5 Å². The molecule has 0 radical (unpaired) electrons. The van der Waals surface area contributed by atoms with Crippen LogP contribution in [0.1, 0.15) is 47.0 Å². The molecule has 0 amide bonds. The van der Waals surface area contributed by atoms with E-state index in [2.05, 4.69) is 6.58 Å². The van der Waals surface area contributed by atoms with Crippen LogP contribution in [0.15, 0.2) is 35.1 Å². The average molecular weight is 422 g/mol. The van der Waals surface area contributed by atoms with Crippen LogP contribution in [-0.2, 0) is 33.3 Å². The quantitative estimate of drug-likeness (QED) is 0.390. The normalized spacial score (nSPS) is 37.2. The number of aliphatic hydroxyl groups is 2. The van der Waals surface area contributed by atoms with E-state index in [-0.39, 0.29) is 35.3 Å². The lowest BCUT2D eigenvalue weighted by molar-refractivity contribution is -0.298. The Kier molecular flexibility index (Phi) is 5.43. The second-order valence-corrected chi connectivity index (χ2v) is 8.42. The first-order valence-corrected chi connectivity index (χ1v) is 9.60. The van der Waals surface area contributed by atoms with Gasteiger partial charge in [0.1, 0.15) is 24.1 Å². The molecule has 0 saturated carbocycles. The van der Waals surface area contributed by atoms with E-state index < -0.39 is 47.6 Å². The van der Waals surface area contributed by atoms with Gasteiger partial charge in [-0.15, -0.1) is 0 Å². The standard InChI is InChI=1S/C21H26O9/c1-11(2)17(23)28-15-9-20(5,25)21(26)7-6-19(4,30-21)8-14-16(15)13(18(24)29-14)10-27-12(3)22/h8,15,25-26H,1,6-7,9-10H2,2-5H3/b14-8+/t15-,19+,20+,21+/m0/s1. The van der Waals surface area contributed by atoms with Crippen LogP contribution < -0.4 is 0 Å². The van der Waals surface area contributed by atoms with E-state index in [1.807, 2.05) is 0 Å². The maximum Gasteiger partial charge on any atom is 0.343 e. The zero-order valence-corrected chi connectivity index (χ0v) is 17.4. The summed E-state index contributed by atoms with van der Waals surface area (Å²) in [5.41, 5.74) is -2.64. The van der Waals surface area contributed by atoms with Crippen molar-refractivity contribution in [3.8, 4) is 0 Å². The summed E-state index contributed by atoms with van der Waals surface area (Å²) in [4.78, 5) is 36.1. The van der Waals surface area contributed by atoms with Crippen LogP contribution in [0.5, 0.6) is 0 Å². The van der Waals surface area contributed by atoms with Gasteiger partial charge in [0, 0.05) is 30.9 Å². The summed E-state index contributed by atoms with van der Waals surface area (Å²) in [7, 11) is 0. The van der Waals surface area contributed by atoms with Crippen molar-refractivity contribution in [2.24, 2.45) is 0 Å². The van der Waals surface area contributed by atoms with Gasteiger partial charge in [-0.25, -0.2) is 9.59 Å². The van der Waals surface area contributed by atoms with E-state index in [0.717, 1.165) is 0 Å². The summed E-state index contributed by atoms with van der Waals surface area (Å²) in [5.74, 6) is -3.96. The van der Waals surface area contributed by atoms with Crippen LogP contribution in [-0.4, -0.2) is 57.8 Å². The van der Waals surface area contributed by atoms with E-state index in [9.17, 15) is 24.6 Å². The first-order valence-electron chi connectivity index (χ1n) is 9.60. The van der Waals surface area contributed by atoms with E-state index in [4.69, 9.17) is 18.9 Å². The average Bonchev–Trinajstić information content (AvgIpc) is 3.09. The Hall–Kier alpha value is -2.49. The highest BCUT2D eigenvalue weighted by molar-refractivity contribution is 5.96. The molecule has 1 saturated heterocycles. The van der Waals surface area contributed by atoms with Crippen LogP contribution in [0.25, 0.3) is 0 Å². The Balaban J connectivity index is 2.17. The molecule has 30 heavy (non-hydrogen) atoms. The van der Waals surface area contributed by atoms with Gasteiger partial charge in [-0.1, -0.05) is 6.58 Å². The van der Waals surface area contributed by atoms with Gasteiger partial charge >= 0.3 is 17.9 Å². The molecule has 9 heteroatoms. The summed E-state index contributed by atoms with van der Waals surface area (Å²) < 4.78 is 21.7. The highest BCUT2D eigenvalue weighted by atomic mass is 16.7. The molecular weight excluding hydrogens is 396 g/mol. The Morgan fingerprint density at radius 2 is 1.93 bits per heavy atom. The Morgan fingerprint density at radius 1 is 1.27 bits per heavy atom. The van der Waals surface area contributed by atoms with Gasteiger partial charge in [-0.3, -0.25) is 4.79 Å². The molecule has 0 spiro atoms. The SMILES string of the molecule is C=C(C)C(=O)O[C@H]1C[C@@](C)(O)[C@@]2(O)CC[C@](C)(/C=C3/OC(=O)C(COC(C)=O)=C31)O2. The second-order valence-electron chi connectivity index (χ2n) is 8.42. The highest BCUT2D eigenvalue weighted by Gasteiger charge is 2.58. The third-order valence-electron chi connectivity index (χ3n) is 5.60. The monoisotopic (exact) mass is 422 g/mol. The molecule has 0 aromatic heterocycles. The van der Waals surface area contributed by atoms with Gasteiger partial charge in [0.2, 0.25) is 0 Å². The van der Waals surface area contributed by atoms with Crippen LogP contribution in [0, 0.1) is 0 Å². The summed E-state index contributed by atoms with van der Waals surface area (Å²) in [6, 6.07) is 0. The predicted octanol–water partition coefficient (Wildman–Crippen LogP) is 1.19. The molecule has 3 rings (SSSR count). The van der Waals surface area contributed by atoms with E-state index >= 15 is 0 Å². The molecule has 0 aliphatic carbocycles. The number of rotatable bonds is 4. The molecule has 0 unspecified atom stereocenters. The van der Waals surface area contributed by atoms with Gasteiger partial charge in [0.05, 0.1) is 11.2 Å². The third kappa shape index (κ3) is 3.92. The molecule has 3 aliphatic heterocycles. The molecule has 0 aromatic carbocycles. The molecule has 9 nitrogen and oxygen atoms in total. The van der Waals surface area contributed by atoms with Crippen molar-refractivity contribution in [3.63, 3.8) is 0 Å². The lowest BCUT2D eigenvalue weighted by atomic mass is 9.82. The minimum atomic E-state index is -1.91. The zero-order valence-electron chi connectivity index (χ0n) is 17.4. The van der Waals surface area contributed by atoms with E-state index in [1.165, 1.54) is 26.8 Å². The molecule has 2 bridgehead atoms. The van der Waals surface area contributed by atoms with Crippen molar-refractivity contribution in [1.82, 2.24) is 0 Å². The molecular formula is C21H26O9. The van der Waals surface area contributed by atoms with Crippen LogP contribution in [0.2, 0.25) is 0 Å². The summed E-state index contributed by atoms with van der Waals surface area (Å²) in [6.45, 7) is 8.86. The van der Waals surface area contributed by atoms with Gasteiger partial charge < -0.3 is 29.2 Å². The van der Waals surface area contributed by atoms with Crippen LogP contribution in [0.3, 0.4) is 0 Å². The first-order chi connectivity index (χ1) is 13.8. The Bertz CT molecular complexity index is 881. The van der Waals surface area contributed by atoms with Gasteiger partial charge in [-0.2, -0.15) is 0 Å². The lowest BCUT2D eigenvalue weighted by Gasteiger charge is -2.40. The number of carbonyl (C=O) groups is 3. The van der Waals surface area contributed by atoms with Gasteiger partial charge in [0.15, 0.2) is 5.79 Å². The van der Waals surface area contributed by atoms with Crippen molar-refractivity contribution in [3.05, 3.63) is 35.1 Å². The van der Waals surface area contributed by atoms with Crippen LogP contribution in [0.4, 0.5) is 0 Å². The smallest absolute Gasteiger partial charge is 0.343 e. The molecule has 3 aliphatic rings. The fourth-order valence-electron chi connectivity index (χ4n) is 3.86. The van der Waals surface area contributed by atoms with Gasteiger partial charge in [0.25, 0.3) is 0 Å². The number of hydrogen-bond donors (Lipinski definition) is 2. The number of esters is 3.